The Morgan fingerprint density at radius 2 is 1.69 bits per heavy atom. The maximum absolute atomic E-state index is 12.9. The first kappa shape index (κ1) is 17.8. The van der Waals surface area contributed by atoms with Crippen LogP contribution in [-0.2, 0) is 9.53 Å². The fourth-order valence-electron chi connectivity index (χ4n) is 4.74. The fourth-order valence-corrected chi connectivity index (χ4v) is 4.74. The van der Waals surface area contributed by atoms with Crippen molar-refractivity contribution >= 4 is 12.1 Å². The maximum Gasteiger partial charge on any atom is 0.410 e. The number of likely N-dealkylation sites (tertiary alicyclic amines) is 1. The lowest BCUT2D eigenvalue weighted by atomic mass is 9.98. The van der Waals surface area contributed by atoms with Gasteiger partial charge in [-0.25, -0.2) is 9.59 Å². The summed E-state index contributed by atoms with van der Waals surface area (Å²) in [5.74, 6) is 3.76. The summed E-state index contributed by atoms with van der Waals surface area (Å²) in [6.07, 6.45) is 2.45. The second-order valence-corrected chi connectivity index (χ2v) is 8.23. The normalized spacial score (nSPS) is 20.6. The van der Waals surface area contributed by atoms with Gasteiger partial charge >= 0.3 is 12.1 Å². The molecule has 2 aromatic carbocycles. The molecule has 5 heteroatoms. The second kappa shape index (κ2) is 6.66. The summed E-state index contributed by atoms with van der Waals surface area (Å²) in [7, 11) is 0. The number of carbonyl (C=O) groups is 2. The highest BCUT2D eigenvalue weighted by atomic mass is 16.6. The number of hydrogen-bond donors (Lipinski definition) is 1. The summed E-state index contributed by atoms with van der Waals surface area (Å²) in [4.78, 5) is 25.3. The molecule has 1 unspecified atom stereocenters. The van der Waals surface area contributed by atoms with E-state index in [1.54, 1.807) is 4.90 Å². The number of nitrogens with zero attached hydrogens (tertiary/aromatic N) is 1. The molecule has 5 nitrogen and oxygen atoms in total. The summed E-state index contributed by atoms with van der Waals surface area (Å²) < 4.78 is 5.75. The quantitative estimate of drug-likeness (QED) is 0.795. The van der Waals surface area contributed by atoms with Crippen LogP contribution in [0.15, 0.2) is 48.5 Å². The lowest BCUT2D eigenvalue weighted by molar-refractivity contribution is -0.130. The van der Waals surface area contributed by atoms with Crippen molar-refractivity contribution in [2.75, 3.05) is 13.2 Å². The molecular formula is C24H21NO4. The van der Waals surface area contributed by atoms with E-state index in [1.807, 2.05) is 24.3 Å². The fraction of sp³-hybridized carbons (Fsp3) is 0.333. The Hall–Kier alpha value is -3.26. The van der Waals surface area contributed by atoms with E-state index in [0.29, 0.717) is 6.54 Å². The molecule has 0 aromatic heterocycles. The molecule has 1 atom stereocenters. The van der Waals surface area contributed by atoms with Crippen LogP contribution in [-0.4, -0.2) is 41.3 Å². The van der Waals surface area contributed by atoms with Gasteiger partial charge in [0.15, 0.2) is 0 Å². The van der Waals surface area contributed by atoms with Gasteiger partial charge in [-0.05, 0) is 46.9 Å². The first-order valence-corrected chi connectivity index (χ1v) is 9.92. The van der Waals surface area contributed by atoms with Crippen molar-refractivity contribution in [1.29, 1.82) is 0 Å². The van der Waals surface area contributed by atoms with Crippen molar-refractivity contribution in [1.82, 2.24) is 4.90 Å². The number of carbonyl (C=O) groups excluding carboxylic acids is 1. The molecule has 1 spiro atoms. The third-order valence-corrected chi connectivity index (χ3v) is 6.38. The van der Waals surface area contributed by atoms with Crippen molar-refractivity contribution < 1.29 is 19.4 Å². The molecule has 1 aliphatic heterocycles. The number of hydrogen-bond acceptors (Lipinski definition) is 3. The number of rotatable bonds is 2. The number of amides is 1. The smallest absolute Gasteiger partial charge is 0.410 e. The van der Waals surface area contributed by atoms with Gasteiger partial charge in [0.25, 0.3) is 0 Å². The first-order valence-electron chi connectivity index (χ1n) is 9.92. The van der Waals surface area contributed by atoms with Gasteiger partial charge in [0.1, 0.15) is 6.61 Å². The summed E-state index contributed by atoms with van der Waals surface area (Å²) in [5.41, 5.74) is 4.83. The number of fused-ring (bicyclic) bond motifs is 3. The third-order valence-electron chi connectivity index (χ3n) is 6.38. The average molecular weight is 387 g/mol. The number of benzene rings is 2. The molecule has 5 rings (SSSR count). The van der Waals surface area contributed by atoms with Gasteiger partial charge in [0.05, 0.1) is 6.04 Å². The van der Waals surface area contributed by atoms with Gasteiger partial charge in [0.2, 0.25) is 0 Å². The van der Waals surface area contributed by atoms with Crippen molar-refractivity contribution in [2.24, 2.45) is 5.41 Å². The zero-order valence-electron chi connectivity index (χ0n) is 15.9. The van der Waals surface area contributed by atoms with Crippen LogP contribution in [0.3, 0.4) is 0 Å². The zero-order chi connectivity index (χ0) is 20.0. The minimum absolute atomic E-state index is 0.00684. The molecule has 2 fully saturated rings. The lowest BCUT2D eigenvalue weighted by Gasteiger charge is -2.22. The van der Waals surface area contributed by atoms with E-state index >= 15 is 0 Å². The zero-order valence-corrected chi connectivity index (χ0v) is 15.9. The summed E-state index contributed by atoms with van der Waals surface area (Å²) in [6, 6.07) is 16.1. The Morgan fingerprint density at radius 1 is 1.07 bits per heavy atom. The largest absolute Gasteiger partial charge is 0.472 e. The highest BCUT2D eigenvalue weighted by Gasteiger charge is 2.53. The Labute approximate surface area is 169 Å². The van der Waals surface area contributed by atoms with Gasteiger partial charge in [-0.3, -0.25) is 4.90 Å². The average Bonchev–Trinajstić information content (AvgIpc) is 3.26. The molecule has 29 heavy (non-hydrogen) atoms. The third kappa shape index (κ3) is 3.15. The van der Waals surface area contributed by atoms with E-state index in [2.05, 4.69) is 36.1 Å². The molecule has 3 aliphatic rings. The highest BCUT2D eigenvalue weighted by molar-refractivity contribution is 5.86. The number of carboxylic acid groups (broad SMARTS) is 1. The van der Waals surface area contributed by atoms with E-state index < -0.39 is 12.1 Å². The Morgan fingerprint density at radius 3 is 2.28 bits per heavy atom. The molecule has 1 N–H and O–H groups in total. The van der Waals surface area contributed by atoms with Gasteiger partial charge in [-0.15, -0.1) is 0 Å². The number of aliphatic carboxylic acids is 1. The molecule has 1 heterocycles. The monoisotopic (exact) mass is 387 g/mol. The topological polar surface area (TPSA) is 66.8 Å². The van der Waals surface area contributed by atoms with Crippen LogP contribution in [0.1, 0.15) is 36.3 Å². The van der Waals surface area contributed by atoms with E-state index in [0.717, 1.165) is 19.3 Å². The van der Waals surface area contributed by atoms with E-state index in [4.69, 9.17) is 9.84 Å². The van der Waals surface area contributed by atoms with E-state index in [9.17, 15) is 9.59 Å². The van der Waals surface area contributed by atoms with Crippen molar-refractivity contribution in [3.63, 3.8) is 0 Å². The van der Waals surface area contributed by atoms with Crippen LogP contribution < -0.4 is 0 Å². The summed E-state index contributed by atoms with van der Waals surface area (Å²) >= 11 is 0. The molecule has 0 bridgehead atoms. The van der Waals surface area contributed by atoms with Crippen LogP contribution in [0.25, 0.3) is 11.1 Å². The van der Waals surface area contributed by atoms with Crippen LogP contribution in [0.2, 0.25) is 0 Å². The van der Waals surface area contributed by atoms with Crippen molar-refractivity contribution in [3.05, 3.63) is 59.7 Å². The predicted molar refractivity (Wildman–Crippen MR) is 107 cm³/mol. The molecule has 0 radical (unpaired) electrons. The SMILES string of the molecule is O=C(O)C#CC1CC2(CC2)CN1C(=O)OCC1c2ccccc2-c2ccccc21. The molecule has 146 valence electrons. The van der Waals surface area contributed by atoms with E-state index in [-0.39, 0.29) is 24.0 Å². The highest BCUT2D eigenvalue weighted by Crippen LogP contribution is 2.55. The molecule has 1 saturated heterocycles. The minimum atomic E-state index is -1.17. The number of ether oxygens (including phenoxy) is 1. The Bertz CT molecular complexity index is 1010. The van der Waals surface area contributed by atoms with Crippen LogP contribution in [0.5, 0.6) is 0 Å². The molecule has 1 amide bonds. The van der Waals surface area contributed by atoms with Crippen molar-refractivity contribution in [2.45, 2.75) is 31.2 Å². The summed E-state index contributed by atoms with van der Waals surface area (Å²) in [6.45, 7) is 0.859. The van der Waals surface area contributed by atoms with Gasteiger partial charge < -0.3 is 9.84 Å². The minimum Gasteiger partial charge on any atom is -0.472 e. The molecule has 2 aliphatic carbocycles. The van der Waals surface area contributed by atoms with E-state index in [1.165, 1.54) is 22.3 Å². The lowest BCUT2D eigenvalue weighted by Crippen LogP contribution is -2.36. The van der Waals surface area contributed by atoms with Gasteiger partial charge in [0, 0.05) is 18.4 Å². The number of carboxylic acids is 1. The van der Waals surface area contributed by atoms with Gasteiger partial charge in [-0.1, -0.05) is 54.5 Å². The van der Waals surface area contributed by atoms with Gasteiger partial charge in [-0.2, -0.15) is 0 Å². The standard InChI is InChI=1S/C24H21NO4/c26-22(27)10-9-16-13-24(11-12-24)15-25(16)23(28)29-14-21-19-7-3-1-5-17(19)18-6-2-4-8-20(18)21/h1-8,16,21H,11-15H2,(H,26,27). The van der Waals surface area contributed by atoms with Crippen LogP contribution in [0, 0.1) is 17.3 Å². The molecule has 2 aromatic rings. The first-order chi connectivity index (χ1) is 14.1. The summed E-state index contributed by atoms with van der Waals surface area (Å²) in [5, 5.41) is 8.87. The van der Waals surface area contributed by atoms with Crippen LogP contribution >= 0.6 is 0 Å². The second-order valence-electron chi connectivity index (χ2n) is 8.23. The molecular weight excluding hydrogens is 366 g/mol. The van der Waals surface area contributed by atoms with Crippen LogP contribution in [0.4, 0.5) is 4.79 Å². The maximum atomic E-state index is 12.9. The predicted octanol–water partition coefficient (Wildman–Crippen LogP) is 3.88. The Kier molecular flexibility index (Phi) is 4.09. The molecule has 1 saturated carbocycles. The Balaban J connectivity index is 1.34. The van der Waals surface area contributed by atoms with Crippen molar-refractivity contribution in [3.8, 4) is 23.0 Å².